The van der Waals surface area contributed by atoms with Crippen LogP contribution >= 0.6 is 0 Å². The average molecular weight is 325 g/mol. The van der Waals surface area contributed by atoms with Crippen LogP contribution in [-0.2, 0) is 27.3 Å². The quantitative estimate of drug-likeness (QED) is 0.601. The molecule has 0 aliphatic carbocycles. The molecule has 0 aliphatic rings. The Bertz CT molecular complexity index is 696. The number of rotatable bonds is 6. The number of benzene rings is 2. The van der Waals surface area contributed by atoms with Crippen molar-refractivity contribution in [3.63, 3.8) is 0 Å². The lowest BCUT2D eigenvalue weighted by molar-refractivity contribution is -0.132. The zero-order valence-corrected chi connectivity index (χ0v) is 13.5. The van der Waals surface area contributed by atoms with E-state index in [4.69, 9.17) is 4.74 Å². The third-order valence-electron chi connectivity index (χ3n) is 3.35. The topological polar surface area (TPSA) is 65.0 Å². The molecule has 2 rings (SSSR count). The lowest BCUT2D eigenvalue weighted by Gasteiger charge is -2.06. The highest BCUT2D eigenvalue weighted by molar-refractivity contribution is 6.37. The summed E-state index contributed by atoms with van der Waals surface area (Å²) in [4.78, 5) is 27.4. The van der Waals surface area contributed by atoms with Crippen LogP contribution < -0.4 is 0 Å². The summed E-state index contributed by atoms with van der Waals surface area (Å²) in [6.45, 7) is 0.107. The Morgan fingerprint density at radius 2 is 1.50 bits per heavy atom. The number of amides is 1. The van der Waals surface area contributed by atoms with Crippen molar-refractivity contribution in [3.8, 4) is 0 Å². The van der Waals surface area contributed by atoms with Gasteiger partial charge < -0.3 is 9.47 Å². The molecule has 0 bridgehead atoms. The van der Waals surface area contributed by atoms with E-state index in [2.05, 4.69) is 9.73 Å². The van der Waals surface area contributed by atoms with Crippen molar-refractivity contribution >= 4 is 17.8 Å². The molecule has 0 aromatic heterocycles. The molecule has 0 radical (unpaired) electrons. The molecular weight excluding hydrogens is 306 g/mol. The first-order valence-electron chi connectivity index (χ1n) is 7.59. The minimum Gasteiger partial charge on any atom is -0.465 e. The minimum absolute atomic E-state index is 0.0550. The van der Waals surface area contributed by atoms with Crippen LogP contribution in [0.25, 0.3) is 0 Å². The van der Waals surface area contributed by atoms with Gasteiger partial charge in [0.2, 0.25) is 0 Å². The molecule has 0 N–H and O–H groups in total. The summed E-state index contributed by atoms with van der Waals surface area (Å²) in [6, 6.07) is 18.9. The normalized spacial score (nSPS) is 11.0. The molecule has 1 amide bonds. The number of aliphatic imine (C=N–C) groups is 1. The number of esters is 1. The van der Waals surface area contributed by atoms with E-state index in [0.717, 1.165) is 11.1 Å². The van der Waals surface area contributed by atoms with E-state index in [-0.39, 0.29) is 12.3 Å². The Kier molecular flexibility index (Phi) is 6.71. The molecule has 0 fully saturated rings. The second kappa shape index (κ2) is 9.25. The van der Waals surface area contributed by atoms with Crippen LogP contribution in [0.1, 0.15) is 17.5 Å². The largest absolute Gasteiger partial charge is 0.465 e. The second-order valence-corrected chi connectivity index (χ2v) is 5.08. The van der Waals surface area contributed by atoms with Crippen LogP contribution in [-0.4, -0.2) is 24.9 Å². The van der Waals surface area contributed by atoms with E-state index in [9.17, 15) is 9.59 Å². The highest BCUT2D eigenvalue weighted by atomic mass is 16.5. The van der Waals surface area contributed by atoms with Crippen molar-refractivity contribution in [1.82, 2.24) is 0 Å². The van der Waals surface area contributed by atoms with E-state index in [1.165, 1.54) is 7.11 Å². The van der Waals surface area contributed by atoms with Crippen molar-refractivity contribution in [2.45, 2.75) is 19.4 Å². The maximum atomic E-state index is 11.8. The molecular formula is C19H19NO4. The Balaban J connectivity index is 1.96. The second-order valence-electron chi connectivity index (χ2n) is 5.08. The number of carbonyl (C=O) groups is 2. The van der Waals surface area contributed by atoms with Gasteiger partial charge in [0, 0.05) is 6.42 Å². The van der Waals surface area contributed by atoms with E-state index in [0.29, 0.717) is 12.8 Å². The summed E-state index contributed by atoms with van der Waals surface area (Å²) in [6.07, 6.45) is 0.0880. The minimum atomic E-state index is -0.799. The van der Waals surface area contributed by atoms with Crippen LogP contribution in [0.15, 0.2) is 65.7 Å². The summed E-state index contributed by atoms with van der Waals surface area (Å²) in [5.74, 6) is -0.623. The molecule has 0 saturated heterocycles. The van der Waals surface area contributed by atoms with Gasteiger partial charge in [0.1, 0.15) is 12.3 Å². The van der Waals surface area contributed by atoms with Crippen molar-refractivity contribution in [2.75, 3.05) is 7.11 Å². The first kappa shape index (κ1) is 17.4. The number of nitrogens with zero attached hydrogens (tertiary/aromatic N) is 1. The molecule has 0 spiro atoms. The maximum Gasteiger partial charge on any atom is 0.434 e. The highest BCUT2D eigenvalue weighted by Gasteiger charge is 2.15. The first-order valence-corrected chi connectivity index (χ1v) is 7.59. The Morgan fingerprint density at radius 1 is 0.917 bits per heavy atom. The third-order valence-corrected chi connectivity index (χ3v) is 3.35. The number of aryl methyl sites for hydroxylation is 1. The van der Waals surface area contributed by atoms with Gasteiger partial charge >= 0.3 is 12.1 Å². The van der Waals surface area contributed by atoms with Gasteiger partial charge in [-0.1, -0.05) is 60.7 Å². The number of carbonyl (C=O) groups excluding carboxylic acids is 2. The Morgan fingerprint density at radius 3 is 2.08 bits per heavy atom. The molecule has 2 aromatic carbocycles. The molecule has 124 valence electrons. The van der Waals surface area contributed by atoms with Gasteiger partial charge in [0.25, 0.3) is 0 Å². The lowest BCUT2D eigenvalue weighted by Crippen LogP contribution is -2.19. The fourth-order valence-electron chi connectivity index (χ4n) is 2.09. The molecule has 5 heteroatoms. The Labute approximate surface area is 140 Å². The van der Waals surface area contributed by atoms with E-state index < -0.39 is 12.1 Å². The summed E-state index contributed by atoms with van der Waals surface area (Å²) < 4.78 is 9.76. The van der Waals surface area contributed by atoms with Crippen LogP contribution in [0.5, 0.6) is 0 Å². The number of ether oxygens (including phenoxy) is 2. The van der Waals surface area contributed by atoms with E-state index >= 15 is 0 Å². The van der Waals surface area contributed by atoms with Crippen molar-refractivity contribution in [1.29, 1.82) is 0 Å². The van der Waals surface area contributed by atoms with Crippen LogP contribution in [0.3, 0.4) is 0 Å². The van der Waals surface area contributed by atoms with Crippen molar-refractivity contribution < 1.29 is 19.1 Å². The van der Waals surface area contributed by atoms with Gasteiger partial charge in [-0.05, 0) is 17.5 Å². The fourth-order valence-corrected chi connectivity index (χ4v) is 2.09. The predicted octanol–water partition coefficient (Wildman–Crippen LogP) is 3.57. The monoisotopic (exact) mass is 325 g/mol. The standard InChI is InChI=1S/C19H19NO4/c1-23-18(21)17(13-12-15-8-4-2-5-9-15)20-19(22)24-14-16-10-6-3-7-11-16/h2-11H,12-14H2,1H3. The SMILES string of the molecule is COC(=O)C(CCc1ccccc1)=NC(=O)OCc1ccccc1. The molecule has 0 aliphatic heterocycles. The zero-order chi connectivity index (χ0) is 17.2. The van der Waals surface area contributed by atoms with Gasteiger partial charge in [-0.15, -0.1) is 0 Å². The van der Waals surface area contributed by atoms with Gasteiger partial charge in [0.05, 0.1) is 7.11 Å². The maximum absolute atomic E-state index is 11.8. The summed E-state index contributed by atoms with van der Waals surface area (Å²) in [7, 11) is 1.26. The van der Waals surface area contributed by atoms with Crippen LogP contribution in [0.4, 0.5) is 4.79 Å². The molecule has 24 heavy (non-hydrogen) atoms. The fraction of sp³-hybridized carbons (Fsp3) is 0.211. The number of hydrogen-bond acceptors (Lipinski definition) is 4. The summed E-state index contributed by atoms with van der Waals surface area (Å²) >= 11 is 0. The van der Waals surface area contributed by atoms with Gasteiger partial charge in [0.15, 0.2) is 0 Å². The smallest absolute Gasteiger partial charge is 0.434 e. The van der Waals surface area contributed by atoms with Gasteiger partial charge in [-0.3, -0.25) is 0 Å². The third kappa shape index (κ3) is 5.68. The van der Waals surface area contributed by atoms with Crippen LogP contribution in [0.2, 0.25) is 0 Å². The van der Waals surface area contributed by atoms with Crippen LogP contribution in [0, 0.1) is 0 Å². The van der Waals surface area contributed by atoms with Gasteiger partial charge in [-0.2, -0.15) is 4.99 Å². The first-order chi connectivity index (χ1) is 11.7. The summed E-state index contributed by atoms with van der Waals surface area (Å²) in [5, 5.41) is 0. The van der Waals surface area contributed by atoms with Crippen molar-refractivity contribution in [2.24, 2.45) is 4.99 Å². The Hall–Kier alpha value is -2.95. The summed E-state index contributed by atoms with van der Waals surface area (Å²) in [5.41, 5.74) is 1.95. The van der Waals surface area contributed by atoms with Gasteiger partial charge in [-0.25, -0.2) is 9.59 Å². The molecule has 0 atom stereocenters. The predicted molar refractivity (Wildman–Crippen MR) is 90.8 cm³/mol. The zero-order valence-electron chi connectivity index (χ0n) is 13.5. The number of methoxy groups -OCH3 is 1. The molecule has 5 nitrogen and oxygen atoms in total. The molecule has 0 heterocycles. The number of hydrogen-bond donors (Lipinski definition) is 0. The molecule has 0 saturated carbocycles. The van der Waals surface area contributed by atoms with Crippen molar-refractivity contribution in [3.05, 3.63) is 71.8 Å². The lowest BCUT2D eigenvalue weighted by atomic mass is 10.1. The molecule has 2 aromatic rings. The van der Waals surface area contributed by atoms with E-state index in [1.54, 1.807) is 0 Å². The highest BCUT2D eigenvalue weighted by Crippen LogP contribution is 2.06. The molecule has 0 unspecified atom stereocenters. The van der Waals surface area contributed by atoms with E-state index in [1.807, 2.05) is 60.7 Å². The average Bonchev–Trinajstić information content (AvgIpc) is 2.64.